The van der Waals surface area contributed by atoms with Gasteiger partial charge in [0.2, 0.25) is 0 Å². The molecule has 0 aliphatic carbocycles. The topological polar surface area (TPSA) is 54.5 Å². The zero-order chi connectivity index (χ0) is 14.9. The molecule has 4 aromatic rings. The molecule has 0 aliphatic heterocycles. The van der Waals surface area contributed by atoms with Crippen LogP contribution in [0.25, 0.3) is 33.4 Å². The molecule has 106 valence electrons. The van der Waals surface area contributed by atoms with Crippen LogP contribution in [0, 0.1) is 0 Å². The van der Waals surface area contributed by atoms with E-state index in [-0.39, 0.29) is 0 Å². The van der Waals surface area contributed by atoms with Gasteiger partial charge >= 0.3 is 0 Å². The fraction of sp³-hybridized carbons (Fsp3) is 0. The summed E-state index contributed by atoms with van der Waals surface area (Å²) in [4.78, 5) is 8.78. The minimum Gasteiger partial charge on any atom is -0.284 e. The van der Waals surface area contributed by atoms with Gasteiger partial charge in [0.1, 0.15) is 5.69 Å². The molecule has 0 saturated heterocycles. The van der Waals surface area contributed by atoms with Gasteiger partial charge in [-0.1, -0.05) is 12.1 Å². The Bertz CT molecular complexity index is 947. The molecule has 22 heavy (non-hydrogen) atoms. The van der Waals surface area contributed by atoms with Gasteiger partial charge in [0.15, 0.2) is 0 Å². The Labute approximate surface area is 135 Å². The molecule has 0 unspecified atom stereocenters. The van der Waals surface area contributed by atoms with Crippen molar-refractivity contribution in [1.82, 2.24) is 20.2 Å². The Kier molecular flexibility index (Phi) is 3.20. The third kappa shape index (κ3) is 2.29. The van der Waals surface area contributed by atoms with Gasteiger partial charge in [-0.3, -0.25) is 15.1 Å². The summed E-state index contributed by atoms with van der Waals surface area (Å²) >= 11 is 3.47. The van der Waals surface area contributed by atoms with Gasteiger partial charge in [0, 0.05) is 34.0 Å². The second kappa shape index (κ2) is 5.35. The lowest BCUT2D eigenvalue weighted by Gasteiger charge is -2.04. The van der Waals surface area contributed by atoms with Crippen LogP contribution in [-0.2, 0) is 0 Å². The standard InChI is InChI=1S/C17H11BrN4/c18-13-8-12-7-11(4-5-15(12)20-9-13)14-10-21-22-17(14)16-3-1-2-6-19-16/h1-10H,(H,21,22). The lowest BCUT2D eigenvalue weighted by atomic mass is 10.0. The molecular weight excluding hydrogens is 340 g/mol. The summed E-state index contributed by atoms with van der Waals surface area (Å²) in [5.41, 5.74) is 4.78. The number of nitrogens with zero attached hydrogens (tertiary/aromatic N) is 3. The molecule has 0 aliphatic rings. The largest absolute Gasteiger partial charge is 0.284 e. The molecule has 5 heteroatoms. The number of hydrogen-bond acceptors (Lipinski definition) is 3. The highest BCUT2D eigenvalue weighted by atomic mass is 79.9. The number of benzene rings is 1. The summed E-state index contributed by atoms with van der Waals surface area (Å²) in [6.07, 6.45) is 5.48. The average molecular weight is 351 g/mol. The number of H-pyrrole nitrogens is 1. The van der Waals surface area contributed by atoms with Crippen LogP contribution >= 0.6 is 15.9 Å². The van der Waals surface area contributed by atoms with Crippen LogP contribution in [0.4, 0.5) is 0 Å². The smallest absolute Gasteiger partial charge is 0.118 e. The maximum absolute atomic E-state index is 4.40. The molecule has 4 nitrogen and oxygen atoms in total. The first-order valence-electron chi connectivity index (χ1n) is 6.82. The molecule has 0 bridgehead atoms. The lowest BCUT2D eigenvalue weighted by Crippen LogP contribution is -1.86. The lowest BCUT2D eigenvalue weighted by molar-refractivity contribution is 1.09. The summed E-state index contributed by atoms with van der Waals surface area (Å²) in [5, 5.41) is 8.37. The fourth-order valence-electron chi connectivity index (χ4n) is 2.48. The first kappa shape index (κ1) is 13.2. The third-order valence-corrected chi connectivity index (χ3v) is 3.94. The zero-order valence-corrected chi connectivity index (χ0v) is 13.1. The summed E-state index contributed by atoms with van der Waals surface area (Å²) in [7, 11) is 0. The summed E-state index contributed by atoms with van der Waals surface area (Å²) in [5.74, 6) is 0. The Morgan fingerprint density at radius 3 is 2.82 bits per heavy atom. The molecule has 0 spiro atoms. The molecule has 0 atom stereocenters. The number of halogens is 1. The Morgan fingerprint density at radius 1 is 1.00 bits per heavy atom. The number of rotatable bonds is 2. The minimum atomic E-state index is 0.850. The first-order chi connectivity index (χ1) is 10.8. The first-order valence-corrected chi connectivity index (χ1v) is 7.61. The van der Waals surface area contributed by atoms with Crippen LogP contribution in [0.15, 0.2) is 65.5 Å². The van der Waals surface area contributed by atoms with E-state index in [2.05, 4.69) is 54.3 Å². The normalized spacial score (nSPS) is 11.0. The molecule has 1 aromatic carbocycles. The molecule has 0 amide bonds. The molecule has 0 fully saturated rings. The summed E-state index contributed by atoms with van der Waals surface area (Å²) < 4.78 is 0.967. The maximum Gasteiger partial charge on any atom is 0.118 e. The number of aromatic amines is 1. The number of pyridine rings is 2. The van der Waals surface area contributed by atoms with Gasteiger partial charge in [-0.25, -0.2) is 0 Å². The molecule has 3 heterocycles. The van der Waals surface area contributed by atoms with Gasteiger partial charge in [-0.15, -0.1) is 0 Å². The van der Waals surface area contributed by atoms with Crippen molar-refractivity contribution >= 4 is 26.8 Å². The van der Waals surface area contributed by atoms with E-state index in [9.17, 15) is 0 Å². The number of fused-ring (bicyclic) bond motifs is 1. The van der Waals surface area contributed by atoms with Crippen LogP contribution in [-0.4, -0.2) is 20.2 Å². The van der Waals surface area contributed by atoms with Crippen LogP contribution in [0.5, 0.6) is 0 Å². The van der Waals surface area contributed by atoms with Crippen molar-refractivity contribution in [2.75, 3.05) is 0 Å². The van der Waals surface area contributed by atoms with Gasteiger partial charge in [0.05, 0.1) is 11.2 Å². The zero-order valence-electron chi connectivity index (χ0n) is 11.5. The highest BCUT2D eigenvalue weighted by Gasteiger charge is 2.12. The predicted molar refractivity (Wildman–Crippen MR) is 90.3 cm³/mol. The number of nitrogens with one attached hydrogen (secondary N) is 1. The third-order valence-electron chi connectivity index (χ3n) is 3.51. The van der Waals surface area contributed by atoms with E-state index in [1.165, 1.54) is 0 Å². The van der Waals surface area contributed by atoms with E-state index in [4.69, 9.17) is 0 Å². The Balaban J connectivity index is 1.88. The van der Waals surface area contributed by atoms with E-state index < -0.39 is 0 Å². The number of aromatic nitrogens is 4. The molecule has 0 saturated carbocycles. The van der Waals surface area contributed by atoms with Crippen LogP contribution in [0.3, 0.4) is 0 Å². The molecule has 1 N–H and O–H groups in total. The van der Waals surface area contributed by atoms with Crippen molar-refractivity contribution in [3.05, 3.63) is 65.5 Å². The number of hydrogen-bond donors (Lipinski definition) is 1. The fourth-order valence-corrected chi connectivity index (χ4v) is 2.83. The van der Waals surface area contributed by atoms with Gasteiger partial charge < -0.3 is 0 Å². The van der Waals surface area contributed by atoms with Crippen molar-refractivity contribution in [3.63, 3.8) is 0 Å². The predicted octanol–water partition coefficient (Wildman–Crippen LogP) is 4.45. The molecule has 3 aromatic heterocycles. The second-order valence-corrected chi connectivity index (χ2v) is 5.84. The van der Waals surface area contributed by atoms with E-state index in [1.807, 2.05) is 30.5 Å². The quantitative estimate of drug-likeness (QED) is 0.581. The monoisotopic (exact) mass is 350 g/mol. The molecular formula is C17H11BrN4. The van der Waals surface area contributed by atoms with Crippen LogP contribution in [0.1, 0.15) is 0 Å². The SMILES string of the molecule is Brc1cnc2ccc(-c3c[nH]nc3-c3ccccn3)cc2c1. The molecule has 0 radical (unpaired) electrons. The highest BCUT2D eigenvalue weighted by molar-refractivity contribution is 9.10. The highest BCUT2D eigenvalue weighted by Crippen LogP contribution is 2.31. The van der Waals surface area contributed by atoms with Crippen molar-refractivity contribution in [3.8, 4) is 22.5 Å². The van der Waals surface area contributed by atoms with Crippen LogP contribution in [0.2, 0.25) is 0 Å². The van der Waals surface area contributed by atoms with Crippen molar-refractivity contribution in [2.45, 2.75) is 0 Å². The molecule has 4 rings (SSSR count). The second-order valence-electron chi connectivity index (χ2n) is 4.92. The minimum absolute atomic E-state index is 0.850. The Hall–Kier alpha value is -2.53. The van der Waals surface area contributed by atoms with E-state index >= 15 is 0 Å². The van der Waals surface area contributed by atoms with Gasteiger partial charge in [-0.2, -0.15) is 5.10 Å². The van der Waals surface area contributed by atoms with E-state index in [0.29, 0.717) is 0 Å². The van der Waals surface area contributed by atoms with Crippen molar-refractivity contribution in [1.29, 1.82) is 0 Å². The van der Waals surface area contributed by atoms with Crippen molar-refractivity contribution in [2.24, 2.45) is 0 Å². The maximum atomic E-state index is 4.40. The van der Waals surface area contributed by atoms with Crippen molar-refractivity contribution < 1.29 is 0 Å². The van der Waals surface area contributed by atoms with Gasteiger partial charge in [0.25, 0.3) is 0 Å². The summed E-state index contributed by atoms with van der Waals surface area (Å²) in [6.45, 7) is 0. The Morgan fingerprint density at radius 2 is 1.95 bits per heavy atom. The van der Waals surface area contributed by atoms with E-state index in [0.717, 1.165) is 37.9 Å². The van der Waals surface area contributed by atoms with E-state index in [1.54, 1.807) is 12.4 Å². The average Bonchev–Trinajstić information content (AvgIpc) is 3.04. The van der Waals surface area contributed by atoms with Crippen LogP contribution < -0.4 is 0 Å². The summed E-state index contributed by atoms with van der Waals surface area (Å²) in [6, 6.07) is 14.1. The van der Waals surface area contributed by atoms with Gasteiger partial charge in [-0.05, 0) is 51.8 Å².